The molecule has 1 atom stereocenters. The van der Waals surface area contributed by atoms with Crippen LogP contribution < -0.4 is 0 Å². The number of fused-ring (bicyclic) bond motifs is 1. The smallest absolute Gasteiger partial charge is 0.330 e. The van der Waals surface area contributed by atoms with E-state index in [0.29, 0.717) is 12.5 Å². The Kier molecular flexibility index (Phi) is 3.97. The van der Waals surface area contributed by atoms with Crippen molar-refractivity contribution in [2.45, 2.75) is 32.1 Å². The molecule has 1 aliphatic rings. The van der Waals surface area contributed by atoms with Crippen molar-refractivity contribution in [3.63, 3.8) is 0 Å². The molecule has 0 radical (unpaired) electrons. The lowest BCUT2D eigenvalue weighted by atomic mass is 9.83. The van der Waals surface area contributed by atoms with Gasteiger partial charge in [0.2, 0.25) is 0 Å². The monoisotopic (exact) mass is 230 g/mol. The van der Waals surface area contributed by atoms with E-state index in [1.165, 1.54) is 17.5 Å². The SMILES string of the molecule is CCOC(=O)/C=C/C1CCCc2ccccc21. The van der Waals surface area contributed by atoms with Gasteiger partial charge in [0.25, 0.3) is 0 Å². The number of hydrogen-bond acceptors (Lipinski definition) is 2. The van der Waals surface area contributed by atoms with Crippen molar-refractivity contribution >= 4 is 5.97 Å². The highest BCUT2D eigenvalue weighted by Gasteiger charge is 2.17. The van der Waals surface area contributed by atoms with E-state index in [1.807, 2.05) is 13.0 Å². The molecule has 1 aliphatic carbocycles. The summed E-state index contributed by atoms with van der Waals surface area (Å²) in [6, 6.07) is 8.49. The molecule has 90 valence electrons. The lowest BCUT2D eigenvalue weighted by Gasteiger charge is -2.22. The van der Waals surface area contributed by atoms with E-state index in [0.717, 1.165) is 12.8 Å². The number of carbonyl (C=O) groups is 1. The third-order valence-electron chi connectivity index (χ3n) is 3.17. The zero-order valence-corrected chi connectivity index (χ0v) is 10.2. The molecule has 0 fully saturated rings. The van der Waals surface area contributed by atoms with Gasteiger partial charge in [0.15, 0.2) is 0 Å². The predicted molar refractivity (Wildman–Crippen MR) is 67.9 cm³/mol. The molecule has 0 aromatic heterocycles. The molecule has 2 heteroatoms. The van der Waals surface area contributed by atoms with Crippen molar-refractivity contribution in [2.75, 3.05) is 6.61 Å². The van der Waals surface area contributed by atoms with Crippen LogP contribution in [0.15, 0.2) is 36.4 Å². The molecule has 17 heavy (non-hydrogen) atoms. The zero-order valence-electron chi connectivity index (χ0n) is 10.2. The molecule has 0 saturated carbocycles. The summed E-state index contributed by atoms with van der Waals surface area (Å²) in [6.07, 6.45) is 7.01. The fraction of sp³-hybridized carbons (Fsp3) is 0.400. The molecule has 0 aliphatic heterocycles. The molecule has 0 spiro atoms. The first kappa shape index (κ1) is 11.9. The second kappa shape index (κ2) is 5.67. The lowest BCUT2D eigenvalue weighted by molar-refractivity contribution is -0.137. The summed E-state index contributed by atoms with van der Waals surface area (Å²) in [4.78, 5) is 11.3. The van der Waals surface area contributed by atoms with Gasteiger partial charge in [-0.3, -0.25) is 0 Å². The number of carbonyl (C=O) groups excluding carboxylic acids is 1. The predicted octanol–water partition coefficient (Wildman–Crippen LogP) is 3.23. The van der Waals surface area contributed by atoms with Gasteiger partial charge in [-0.05, 0) is 37.3 Å². The van der Waals surface area contributed by atoms with Crippen molar-refractivity contribution in [1.29, 1.82) is 0 Å². The number of hydrogen-bond donors (Lipinski definition) is 0. The van der Waals surface area contributed by atoms with Crippen molar-refractivity contribution in [1.82, 2.24) is 0 Å². The highest BCUT2D eigenvalue weighted by Crippen LogP contribution is 2.32. The molecule has 2 rings (SSSR count). The maximum Gasteiger partial charge on any atom is 0.330 e. The summed E-state index contributed by atoms with van der Waals surface area (Å²) < 4.78 is 4.90. The maximum absolute atomic E-state index is 11.3. The van der Waals surface area contributed by atoms with Crippen LogP contribution in [-0.2, 0) is 16.0 Å². The van der Waals surface area contributed by atoms with Gasteiger partial charge in [-0.1, -0.05) is 30.3 Å². The lowest BCUT2D eigenvalue weighted by Crippen LogP contribution is -2.08. The van der Waals surface area contributed by atoms with E-state index in [2.05, 4.69) is 24.3 Å². The molecule has 0 saturated heterocycles. The highest BCUT2D eigenvalue weighted by atomic mass is 16.5. The zero-order chi connectivity index (χ0) is 12.1. The third-order valence-corrected chi connectivity index (χ3v) is 3.17. The minimum atomic E-state index is -0.240. The molecule has 0 heterocycles. The number of allylic oxidation sites excluding steroid dienone is 1. The summed E-state index contributed by atoms with van der Waals surface area (Å²) in [6.45, 7) is 2.26. The molecular weight excluding hydrogens is 212 g/mol. The van der Waals surface area contributed by atoms with Crippen LogP contribution in [0, 0.1) is 0 Å². The fourth-order valence-electron chi connectivity index (χ4n) is 2.38. The van der Waals surface area contributed by atoms with Gasteiger partial charge in [-0.2, -0.15) is 0 Å². The Morgan fingerprint density at radius 3 is 3.12 bits per heavy atom. The molecule has 0 N–H and O–H groups in total. The standard InChI is InChI=1S/C15H18O2/c1-2-17-15(16)11-10-13-8-5-7-12-6-3-4-9-14(12)13/h3-4,6,9-11,13H,2,5,7-8H2,1H3/b11-10+. The number of esters is 1. The third kappa shape index (κ3) is 2.96. The number of benzene rings is 1. The average molecular weight is 230 g/mol. The van der Waals surface area contributed by atoms with E-state index in [9.17, 15) is 4.79 Å². The Labute approximate surface area is 102 Å². The van der Waals surface area contributed by atoms with E-state index < -0.39 is 0 Å². The Morgan fingerprint density at radius 2 is 2.29 bits per heavy atom. The Hall–Kier alpha value is -1.57. The van der Waals surface area contributed by atoms with Gasteiger partial charge in [0.05, 0.1) is 6.61 Å². The van der Waals surface area contributed by atoms with Crippen LogP contribution in [0.25, 0.3) is 0 Å². The average Bonchev–Trinajstić information content (AvgIpc) is 2.36. The van der Waals surface area contributed by atoms with Gasteiger partial charge in [-0.25, -0.2) is 4.79 Å². The summed E-state index contributed by atoms with van der Waals surface area (Å²) in [5.41, 5.74) is 2.77. The minimum absolute atomic E-state index is 0.240. The molecular formula is C15H18O2. The van der Waals surface area contributed by atoms with Crippen molar-refractivity contribution in [3.8, 4) is 0 Å². The number of ether oxygens (including phenoxy) is 1. The van der Waals surface area contributed by atoms with E-state index in [4.69, 9.17) is 4.74 Å². The van der Waals surface area contributed by atoms with Gasteiger partial charge >= 0.3 is 5.97 Å². The van der Waals surface area contributed by atoms with Crippen LogP contribution >= 0.6 is 0 Å². The first-order chi connectivity index (χ1) is 8.31. The first-order valence-electron chi connectivity index (χ1n) is 6.24. The van der Waals surface area contributed by atoms with Crippen LogP contribution in [-0.4, -0.2) is 12.6 Å². The van der Waals surface area contributed by atoms with Crippen molar-refractivity contribution in [3.05, 3.63) is 47.5 Å². The molecule has 1 unspecified atom stereocenters. The molecule has 1 aromatic rings. The first-order valence-corrected chi connectivity index (χ1v) is 6.24. The van der Waals surface area contributed by atoms with E-state index >= 15 is 0 Å². The molecule has 0 bridgehead atoms. The van der Waals surface area contributed by atoms with Crippen LogP contribution in [0.4, 0.5) is 0 Å². The van der Waals surface area contributed by atoms with Crippen LogP contribution in [0.1, 0.15) is 36.8 Å². The summed E-state index contributed by atoms with van der Waals surface area (Å²) in [5.74, 6) is 0.125. The van der Waals surface area contributed by atoms with E-state index in [1.54, 1.807) is 6.08 Å². The molecule has 2 nitrogen and oxygen atoms in total. The minimum Gasteiger partial charge on any atom is -0.463 e. The normalized spacial score (nSPS) is 19.0. The topological polar surface area (TPSA) is 26.3 Å². The highest BCUT2D eigenvalue weighted by molar-refractivity contribution is 5.82. The van der Waals surface area contributed by atoms with Gasteiger partial charge < -0.3 is 4.74 Å². The summed E-state index contributed by atoms with van der Waals surface area (Å²) >= 11 is 0. The van der Waals surface area contributed by atoms with Gasteiger partial charge in [0.1, 0.15) is 0 Å². The Balaban J connectivity index is 2.11. The number of aryl methyl sites for hydroxylation is 1. The quantitative estimate of drug-likeness (QED) is 0.588. The second-order valence-corrected chi connectivity index (χ2v) is 4.31. The Bertz CT molecular complexity index is 421. The fourth-order valence-corrected chi connectivity index (χ4v) is 2.38. The molecule has 0 amide bonds. The van der Waals surface area contributed by atoms with Crippen LogP contribution in [0.5, 0.6) is 0 Å². The maximum atomic E-state index is 11.3. The van der Waals surface area contributed by atoms with Crippen LogP contribution in [0.3, 0.4) is 0 Å². The van der Waals surface area contributed by atoms with Crippen LogP contribution in [0.2, 0.25) is 0 Å². The summed E-state index contributed by atoms with van der Waals surface area (Å²) in [7, 11) is 0. The Morgan fingerprint density at radius 1 is 1.47 bits per heavy atom. The molecule has 1 aromatic carbocycles. The largest absolute Gasteiger partial charge is 0.463 e. The second-order valence-electron chi connectivity index (χ2n) is 4.31. The number of rotatable bonds is 3. The van der Waals surface area contributed by atoms with Gasteiger partial charge in [-0.15, -0.1) is 0 Å². The van der Waals surface area contributed by atoms with E-state index in [-0.39, 0.29) is 5.97 Å². The van der Waals surface area contributed by atoms with Crippen molar-refractivity contribution < 1.29 is 9.53 Å². The van der Waals surface area contributed by atoms with Gasteiger partial charge in [0, 0.05) is 12.0 Å². The summed E-state index contributed by atoms with van der Waals surface area (Å²) in [5, 5.41) is 0. The van der Waals surface area contributed by atoms with Crippen molar-refractivity contribution in [2.24, 2.45) is 0 Å².